The van der Waals surface area contributed by atoms with Gasteiger partial charge < -0.3 is 9.90 Å². The Morgan fingerprint density at radius 2 is 1.73 bits per heavy atom. The van der Waals surface area contributed by atoms with Gasteiger partial charge in [-0.1, -0.05) is 31.6 Å². The highest BCUT2D eigenvalue weighted by atomic mass is 16.4. The van der Waals surface area contributed by atoms with E-state index in [1.165, 1.54) is 6.08 Å². The van der Waals surface area contributed by atoms with E-state index in [-0.39, 0.29) is 5.57 Å². The minimum atomic E-state index is -0.975. The van der Waals surface area contributed by atoms with E-state index in [4.69, 9.17) is 5.11 Å². The van der Waals surface area contributed by atoms with E-state index in [1.54, 1.807) is 0 Å². The number of allylic oxidation sites excluding steroid dienone is 1. The molecule has 0 fully saturated rings. The van der Waals surface area contributed by atoms with Crippen molar-refractivity contribution in [2.45, 2.75) is 38.5 Å². The maximum absolute atomic E-state index is 10.4. The molecule has 0 amide bonds. The summed E-state index contributed by atoms with van der Waals surface area (Å²) in [5.74, 6) is -0.975. The van der Waals surface area contributed by atoms with E-state index in [0.717, 1.165) is 38.4 Å². The van der Waals surface area contributed by atoms with Gasteiger partial charge in [-0.25, -0.2) is 4.79 Å². The molecule has 0 bridgehead atoms. The molecule has 0 spiro atoms. The molecule has 0 aromatic rings. The second-order valence-corrected chi connectivity index (χ2v) is 3.39. The van der Waals surface area contributed by atoms with Crippen LogP contribution in [0.15, 0.2) is 24.3 Å². The van der Waals surface area contributed by atoms with Gasteiger partial charge in [0.2, 0.25) is 0 Å². The van der Waals surface area contributed by atoms with Gasteiger partial charge in [0.05, 0.1) is 5.57 Å². The monoisotopic (exact) mass is 210 g/mol. The van der Waals surface area contributed by atoms with Crippen molar-refractivity contribution < 1.29 is 14.7 Å². The smallest absolute Gasteiger partial charge is 0.335 e. The maximum atomic E-state index is 10.4. The van der Waals surface area contributed by atoms with Crippen molar-refractivity contribution in [2.24, 2.45) is 0 Å². The molecule has 0 rings (SSSR count). The zero-order valence-electron chi connectivity index (χ0n) is 8.95. The molecule has 0 unspecified atom stereocenters. The van der Waals surface area contributed by atoms with E-state index in [1.807, 2.05) is 6.08 Å². The van der Waals surface area contributed by atoms with Gasteiger partial charge in [-0.15, -0.1) is 0 Å². The average molecular weight is 210 g/mol. The molecule has 0 aliphatic carbocycles. The summed E-state index contributed by atoms with van der Waals surface area (Å²) in [5.41, 5.74) is 0.121. The quantitative estimate of drug-likeness (QED) is 0.275. The van der Waals surface area contributed by atoms with Crippen LogP contribution in [0, 0.1) is 0 Å². The Morgan fingerprint density at radius 1 is 1.13 bits per heavy atom. The second-order valence-electron chi connectivity index (χ2n) is 3.39. The molecule has 0 aliphatic heterocycles. The van der Waals surface area contributed by atoms with Crippen molar-refractivity contribution in [3.05, 3.63) is 24.3 Å². The van der Waals surface area contributed by atoms with Crippen molar-refractivity contribution in [2.75, 3.05) is 0 Å². The summed E-state index contributed by atoms with van der Waals surface area (Å²) in [6, 6.07) is 0. The molecule has 0 heterocycles. The Labute approximate surface area is 90.5 Å². The zero-order chi connectivity index (χ0) is 11.5. The van der Waals surface area contributed by atoms with Gasteiger partial charge in [0.25, 0.3) is 0 Å². The number of hydrogen-bond acceptors (Lipinski definition) is 2. The van der Waals surface area contributed by atoms with Gasteiger partial charge in [0.1, 0.15) is 6.29 Å². The number of carbonyl (C=O) groups excluding carboxylic acids is 1. The van der Waals surface area contributed by atoms with E-state index < -0.39 is 5.97 Å². The normalized spacial score (nSPS) is 10.4. The lowest BCUT2D eigenvalue weighted by atomic mass is 10.1. The summed E-state index contributed by atoms with van der Waals surface area (Å²) in [4.78, 5) is 20.4. The summed E-state index contributed by atoms with van der Waals surface area (Å²) in [6.07, 6.45) is 9.95. The number of carbonyl (C=O) groups is 2. The maximum Gasteiger partial charge on any atom is 0.335 e. The molecule has 1 N–H and O–H groups in total. The van der Waals surface area contributed by atoms with Crippen LogP contribution in [0.1, 0.15) is 38.5 Å². The minimum Gasteiger partial charge on any atom is -0.478 e. The lowest BCUT2D eigenvalue weighted by Gasteiger charge is -1.95. The van der Waals surface area contributed by atoms with Crippen molar-refractivity contribution in [1.29, 1.82) is 0 Å². The number of unbranched alkanes of at least 4 members (excludes halogenated alkanes) is 5. The fourth-order valence-corrected chi connectivity index (χ4v) is 1.14. The highest BCUT2D eigenvalue weighted by molar-refractivity contribution is 5.88. The van der Waals surface area contributed by atoms with Crippen LogP contribution < -0.4 is 0 Å². The Kier molecular flexibility index (Phi) is 8.34. The third kappa shape index (κ3) is 8.94. The van der Waals surface area contributed by atoms with E-state index in [0.29, 0.717) is 6.42 Å². The molecule has 0 aromatic heterocycles. The van der Waals surface area contributed by atoms with Crippen LogP contribution in [-0.2, 0) is 9.59 Å². The third-order valence-electron chi connectivity index (χ3n) is 2.04. The molecule has 0 saturated carbocycles. The minimum absolute atomic E-state index is 0.121. The molecule has 3 heteroatoms. The van der Waals surface area contributed by atoms with Crippen LogP contribution in [0.25, 0.3) is 0 Å². The third-order valence-corrected chi connectivity index (χ3v) is 2.04. The molecule has 0 atom stereocenters. The summed E-state index contributed by atoms with van der Waals surface area (Å²) in [7, 11) is 0. The first kappa shape index (κ1) is 13.6. The fourth-order valence-electron chi connectivity index (χ4n) is 1.14. The van der Waals surface area contributed by atoms with Crippen LogP contribution in [-0.4, -0.2) is 17.4 Å². The van der Waals surface area contributed by atoms with Crippen LogP contribution in [0.2, 0.25) is 0 Å². The molecule has 0 saturated heterocycles. The first-order chi connectivity index (χ1) is 7.18. The SMILES string of the molecule is C=C(C=CCCCCCCC=O)C(=O)O. The lowest BCUT2D eigenvalue weighted by molar-refractivity contribution is -0.132. The van der Waals surface area contributed by atoms with Gasteiger partial charge in [-0.3, -0.25) is 0 Å². The predicted molar refractivity (Wildman–Crippen MR) is 59.7 cm³/mol. The summed E-state index contributed by atoms with van der Waals surface area (Å²) < 4.78 is 0. The summed E-state index contributed by atoms with van der Waals surface area (Å²) in [5, 5.41) is 8.50. The van der Waals surface area contributed by atoms with E-state index in [9.17, 15) is 9.59 Å². The van der Waals surface area contributed by atoms with Crippen molar-refractivity contribution in [1.82, 2.24) is 0 Å². The topological polar surface area (TPSA) is 54.4 Å². The standard InChI is InChI=1S/C12H18O3/c1-11(12(14)15)9-7-5-3-2-4-6-8-10-13/h7,9-10H,1-6,8H2,(H,14,15). The molecular weight excluding hydrogens is 192 g/mol. The van der Waals surface area contributed by atoms with E-state index >= 15 is 0 Å². The number of aliphatic carboxylic acids is 1. The van der Waals surface area contributed by atoms with Gasteiger partial charge in [0, 0.05) is 6.42 Å². The van der Waals surface area contributed by atoms with Crippen LogP contribution in [0.3, 0.4) is 0 Å². The first-order valence-electron chi connectivity index (χ1n) is 5.21. The highest BCUT2D eigenvalue weighted by Crippen LogP contribution is 2.05. The Balaban J connectivity index is 3.34. The second kappa shape index (κ2) is 9.19. The summed E-state index contributed by atoms with van der Waals surface area (Å²) in [6.45, 7) is 3.39. The van der Waals surface area contributed by atoms with Gasteiger partial charge in [-0.2, -0.15) is 0 Å². The molecule has 0 aromatic carbocycles. The van der Waals surface area contributed by atoms with Crippen molar-refractivity contribution >= 4 is 12.3 Å². The number of carboxylic acids is 1. The number of aldehydes is 1. The van der Waals surface area contributed by atoms with Gasteiger partial charge in [-0.05, 0) is 19.3 Å². The molecule has 0 radical (unpaired) electrons. The zero-order valence-corrected chi connectivity index (χ0v) is 8.95. The van der Waals surface area contributed by atoms with Crippen LogP contribution in [0.4, 0.5) is 0 Å². The van der Waals surface area contributed by atoms with Crippen molar-refractivity contribution in [3.63, 3.8) is 0 Å². The van der Waals surface area contributed by atoms with Crippen LogP contribution >= 0.6 is 0 Å². The first-order valence-corrected chi connectivity index (χ1v) is 5.21. The van der Waals surface area contributed by atoms with Crippen molar-refractivity contribution in [3.8, 4) is 0 Å². The number of rotatable bonds is 9. The Hall–Kier alpha value is -1.38. The number of hydrogen-bond donors (Lipinski definition) is 1. The largest absolute Gasteiger partial charge is 0.478 e. The fraction of sp³-hybridized carbons (Fsp3) is 0.500. The van der Waals surface area contributed by atoms with E-state index in [2.05, 4.69) is 6.58 Å². The molecule has 15 heavy (non-hydrogen) atoms. The molecular formula is C12H18O3. The lowest BCUT2D eigenvalue weighted by Crippen LogP contribution is -1.94. The Bertz CT molecular complexity index is 241. The molecule has 3 nitrogen and oxygen atoms in total. The van der Waals surface area contributed by atoms with Gasteiger partial charge >= 0.3 is 5.97 Å². The number of carboxylic acid groups (broad SMARTS) is 1. The molecule has 84 valence electrons. The highest BCUT2D eigenvalue weighted by Gasteiger charge is 1.96. The van der Waals surface area contributed by atoms with Gasteiger partial charge in [0.15, 0.2) is 0 Å². The Morgan fingerprint density at radius 3 is 2.27 bits per heavy atom. The predicted octanol–water partition coefficient (Wildman–Crippen LogP) is 2.72. The molecule has 0 aliphatic rings. The average Bonchev–Trinajstić information content (AvgIpc) is 2.21. The summed E-state index contributed by atoms with van der Waals surface area (Å²) >= 11 is 0. The van der Waals surface area contributed by atoms with Crippen LogP contribution in [0.5, 0.6) is 0 Å².